The van der Waals surface area contributed by atoms with Crippen LogP contribution in [0.5, 0.6) is 0 Å². The van der Waals surface area contributed by atoms with Crippen LogP contribution in [0.15, 0.2) is 59.7 Å². The van der Waals surface area contributed by atoms with Crippen molar-refractivity contribution in [1.29, 1.82) is 0 Å². The highest BCUT2D eigenvalue weighted by Crippen LogP contribution is 2.21. The smallest absolute Gasteiger partial charge is 0.267 e. The molecule has 0 unspecified atom stereocenters. The monoisotopic (exact) mass is 356 g/mol. The number of carbonyl (C=O) groups excluding carboxylic acids is 1. The van der Waals surface area contributed by atoms with Gasteiger partial charge < -0.3 is 0 Å². The molecular formula is C18H14ClFN4O. The number of para-hydroxylation sites is 1. The Balaban J connectivity index is 1.77. The van der Waals surface area contributed by atoms with E-state index >= 15 is 0 Å². The van der Waals surface area contributed by atoms with Crippen molar-refractivity contribution in [2.45, 2.75) is 6.92 Å². The average molecular weight is 357 g/mol. The summed E-state index contributed by atoms with van der Waals surface area (Å²) in [5, 5.41) is 8.69. The molecule has 2 aromatic carbocycles. The zero-order valence-corrected chi connectivity index (χ0v) is 14.0. The Kier molecular flexibility index (Phi) is 4.90. The molecule has 5 nitrogen and oxygen atoms in total. The Hall–Kier alpha value is -2.99. The summed E-state index contributed by atoms with van der Waals surface area (Å²) in [6, 6.07) is 14.6. The molecule has 0 aliphatic rings. The lowest BCUT2D eigenvalue weighted by Crippen LogP contribution is -2.17. The summed E-state index contributed by atoms with van der Waals surface area (Å²) in [7, 11) is 0. The van der Waals surface area contributed by atoms with Gasteiger partial charge in [-0.15, -0.1) is 0 Å². The Labute approximate surface area is 148 Å². The van der Waals surface area contributed by atoms with E-state index in [1.807, 2.05) is 30.3 Å². The number of rotatable bonds is 4. The number of hydrogen-bond donors (Lipinski definition) is 1. The van der Waals surface area contributed by atoms with Crippen LogP contribution in [0.4, 0.5) is 4.39 Å². The predicted octanol–water partition coefficient (Wildman–Crippen LogP) is 3.74. The summed E-state index contributed by atoms with van der Waals surface area (Å²) in [5.41, 5.74) is 4.79. The molecule has 3 rings (SSSR count). The molecule has 0 saturated heterocycles. The average Bonchev–Trinajstić information content (AvgIpc) is 2.91. The Bertz CT molecular complexity index is 920. The minimum atomic E-state index is -0.444. The number of carbonyl (C=O) groups is 1. The Morgan fingerprint density at radius 1 is 1.20 bits per heavy atom. The van der Waals surface area contributed by atoms with Crippen LogP contribution < -0.4 is 5.43 Å². The number of nitrogens with one attached hydrogen (secondary N) is 1. The summed E-state index contributed by atoms with van der Waals surface area (Å²) in [6.07, 6.45) is 1.44. The third kappa shape index (κ3) is 3.75. The van der Waals surface area contributed by atoms with Crippen LogP contribution >= 0.6 is 11.6 Å². The van der Waals surface area contributed by atoms with E-state index in [0.29, 0.717) is 22.0 Å². The number of amides is 1. The van der Waals surface area contributed by atoms with Gasteiger partial charge >= 0.3 is 0 Å². The van der Waals surface area contributed by atoms with Crippen molar-refractivity contribution in [1.82, 2.24) is 15.2 Å². The van der Waals surface area contributed by atoms with Crippen LogP contribution in [0.2, 0.25) is 5.15 Å². The maximum Gasteiger partial charge on any atom is 0.271 e. The zero-order valence-electron chi connectivity index (χ0n) is 13.3. The normalized spacial score (nSPS) is 11.0. The van der Waals surface area contributed by atoms with Crippen molar-refractivity contribution < 1.29 is 9.18 Å². The molecule has 1 N–H and O–H groups in total. The first-order chi connectivity index (χ1) is 12.1. The number of nitrogens with zero attached hydrogens (tertiary/aromatic N) is 3. The summed E-state index contributed by atoms with van der Waals surface area (Å²) in [6.45, 7) is 1.80. The van der Waals surface area contributed by atoms with Crippen LogP contribution in [0, 0.1) is 12.7 Å². The third-order valence-electron chi connectivity index (χ3n) is 3.51. The first-order valence-electron chi connectivity index (χ1n) is 7.46. The molecule has 0 radical (unpaired) electrons. The Morgan fingerprint density at radius 2 is 1.88 bits per heavy atom. The van der Waals surface area contributed by atoms with Gasteiger partial charge in [0, 0.05) is 5.56 Å². The topological polar surface area (TPSA) is 59.3 Å². The lowest BCUT2D eigenvalue weighted by molar-refractivity contribution is 0.0955. The molecular weight excluding hydrogens is 343 g/mol. The number of hydrazone groups is 1. The predicted molar refractivity (Wildman–Crippen MR) is 94.8 cm³/mol. The second-order valence-electron chi connectivity index (χ2n) is 5.24. The Morgan fingerprint density at radius 3 is 2.56 bits per heavy atom. The van der Waals surface area contributed by atoms with Crippen LogP contribution in [0.3, 0.4) is 0 Å². The van der Waals surface area contributed by atoms with E-state index in [2.05, 4.69) is 15.6 Å². The molecule has 0 fully saturated rings. The van der Waals surface area contributed by atoms with Crippen molar-refractivity contribution in [2.24, 2.45) is 5.10 Å². The lowest BCUT2D eigenvalue weighted by atomic mass is 10.2. The van der Waals surface area contributed by atoms with E-state index < -0.39 is 11.7 Å². The molecule has 1 amide bonds. The number of halogens is 2. The van der Waals surface area contributed by atoms with Crippen LogP contribution in [0.25, 0.3) is 5.69 Å². The molecule has 25 heavy (non-hydrogen) atoms. The van der Waals surface area contributed by atoms with Crippen LogP contribution in [-0.4, -0.2) is 21.9 Å². The number of hydrogen-bond acceptors (Lipinski definition) is 3. The van der Waals surface area contributed by atoms with Crippen molar-refractivity contribution in [2.75, 3.05) is 0 Å². The summed E-state index contributed by atoms with van der Waals surface area (Å²) < 4.78 is 14.5. The molecule has 1 heterocycles. The van der Waals surface area contributed by atoms with Crippen LogP contribution in [-0.2, 0) is 0 Å². The maximum atomic E-state index is 12.9. The molecule has 7 heteroatoms. The second kappa shape index (κ2) is 7.27. The fourth-order valence-electron chi connectivity index (χ4n) is 2.22. The van der Waals surface area contributed by atoms with Gasteiger partial charge in [0.25, 0.3) is 5.91 Å². The van der Waals surface area contributed by atoms with Crippen molar-refractivity contribution >= 4 is 23.7 Å². The van der Waals surface area contributed by atoms with E-state index in [0.717, 1.165) is 5.69 Å². The quantitative estimate of drug-likeness (QED) is 0.572. The minimum absolute atomic E-state index is 0.307. The maximum absolute atomic E-state index is 12.9. The van der Waals surface area contributed by atoms with Gasteiger partial charge in [0.05, 0.1) is 23.2 Å². The first-order valence-corrected chi connectivity index (χ1v) is 7.83. The fraction of sp³-hybridized carbons (Fsp3) is 0.0556. The van der Waals surface area contributed by atoms with Crippen molar-refractivity contribution in [3.05, 3.63) is 82.4 Å². The molecule has 0 bridgehead atoms. The molecule has 1 aromatic heterocycles. The largest absolute Gasteiger partial charge is 0.271 e. The SMILES string of the molecule is Cc1nn(-c2ccccc2)c(Cl)c1/C=N\NC(=O)c1ccc(F)cc1. The van der Waals surface area contributed by atoms with Crippen LogP contribution in [0.1, 0.15) is 21.6 Å². The van der Waals surface area contributed by atoms with E-state index in [4.69, 9.17) is 11.6 Å². The van der Waals surface area contributed by atoms with Gasteiger partial charge in [0.2, 0.25) is 0 Å². The van der Waals surface area contributed by atoms with Gasteiger partial charge in [-0.25, -0.2) is 14.5 Å². The standard InChI is InChI=1S/C18H14ClFN4O/c1-12-16(17(19)24(23-12)15-5-3-2-4-6-15)11-21-22-18(25)13-7-9-14(20)10-8-13/h2-11H,1H3,(H,22,25)/b21-11-. The minimum Gasteiger partial charge on any atom is -0.267 e. The van der Waals surface area contributed by atoms with E-state index in [1.54, 1.807) is 11.6 Å². The van der Waals surface area contributed by atoms with Crippen molar-refractivity contribution in [3.63, 3.8) is 0 Å². The zero-order chi connectivity index (χ0) is 17.8. The molecule has 0 aliphatic heterocycles. The molecule has 126 valence electrons. The van der Waals surface area contributed by atoms with Gasteiger partial charge in [-0.05, 0) is 43.3 Å². The highest BCUT2D eigenvalue weighted by Gasteiger charge is 2.13. The van der Waals surface area contributed by atoms with E-state index in [9.17, 15) is 9.18 Å². The third-order valence-corrected chi connectivity index (χ3v) is 3.88. The molecule has 0 aliphatic carbocycles. The molecule has 0 saturated carbocycles. The fourth-order valence-corrected chi connectivity index (χ4v) is 2.54. The highest BCUT2D eigenvalue weighted by atomic mass is 35.5. The molecule has 0 spiro atoms. The molecule has 3 aromatic rings. The summed E-state index contributed by atoms with van der Waals surface area (Å²) in [4.78, 5) is 11.9. The van der Waals surface area contributed by atoms with E-state index in [1.165, 1.54) is 30.5 Å². The first kappa shape index (κ1) is 16.9. The number of aryl methyl sites for hydroxylation is 1. The highest BCUT2D eigenvalue weighted by molar-refractivity contribution is 6.32. The van der Waals surface area contributed by atoms with Gasteiger partial charge in [-0.1, -0.05) is 29.8 Å². The number of aromatic nitrogens is 2. The van der Waals surface area contributed by atoms with E-state index in [-0.39, 0.29) is 0 Å². The van der Waals surface area contributed by atoms with Gasteiger partial charge in [-0.2, -0.15) is 10.2 Å². The lowest BCUT2D eigenvalue weighted by Gasteiger charge is -2.02. The second-order valence-corrected chi connectivity index (χ2v) is 5.60. The van der Waals surface area contributed by atoms with Gasteiger partial charge in [0.1, 0.15) is 11.0 Å². The number of benzene rings is 2. The summed E-state index contributed by atoms with van der Waals surface area (Å²) >= 11 is 6.37. The summed E-state index contributed by atoms with van der Waals surface area (Å²) in [5.74, 6) is -0.851. The van der Waals surface area contributed by atoms with Gasteiger partial charge in [-0.3, -0.25) is 4.79 Å². The van der Waals surface area contributed by atoms with Crippen molar-refractivity contribution in [3.8, 4) is 5.69 Å². The van der Waals surface area contributed by atoms with Gasteiger partial charge in [0.15, 0.2) is 0 Å². The molecule has 0 atom stereocenters.